The van der Waals surface area contributed by atoms with Crippen LogP contribution in [0.4, 0.5) is 0 Å². The molecule has 0 fully saturated rings. The molecular formula is C12H13BrO4. The smallest absolute Gasteiger partial charge is 0.342 e. The fourth-order valence-electron chi connectivity index (χ4n) is 2.02. The number of rotatable bonds is 2. The predicted molar refractivity (Wildman–Crippen MR) is 65.8 cm³/mol. The van der Waals surface area contributed by atoms with Gasteiger partial charge in [0.05, 0.1) is 18.7 Å². The first kappa shape index (κ1) is 12.2. The quantitative estimate of drug-likeness (QED) is 0.788. The Balaban J connectivity index is 2.69. The van der Waals surface area contributed by atoms with E-state index in [4.69, 9.17) is 14.2 Å². The van der Waals surface area contributed by atoms with Gasteiger partial charge in [-0.05, 0) is 28.9 Å². The van der Waals surface area contributed by atoms with Gasteiger partial charge in [0.2, 0.25) is 0 Å². The maximum atomic E-state index is 11.9. The number of methoxy groups -OCH3 is 2. The number of halogens is 1. The minimum absolute atomic E-state index is 0.144. The lowest BCUT2D eigenvalue weighted by molar-refractivity contribution is 0.0293. The molecule has 0 amide bonds. The molecule has 0 saturated heterocycles. The zero-order valence-corrected chi connectivity index (χ0v) is 11.5. The highest BCUT2D eigenvalue weighted by Crippen LogP contribution is 2.40. The Bertz CT molecular complexity index is 470. The van der Waals surface area contributed by atoms with Crippen LogP contribution in [0.25, 0.3) is 0 Å². The highest BCUT2D eigenvalue weighted by Gasteiger charge is 2.31. The lowest BCUT2D eigenvalue weighted by atomic mass is 9.97. The summed E-state index contributed by atoms with van der Waals surface area (Å²) in [6, 6.07) is 1.81. The fourth-order valence-corrected chi connectivity index (χ4v) is 2.59. The number of ether oxygens (including phenoxy) is 3. The van der Waals surface area contributed by atoms with E-state index < -0.39 is 0 Å². The van der Waals surface area contributed by atoms with Gasteiger partial charge >= 0.3 is 5.97 Å². The second-order valence-electron chi connectivity index (χ2n) is 3.87. The lowest BCUT2D eigenvalue weighted by Crippen LogP contribution is -2.26. The van der Waals surface area contributed by atoms with E-state index in [-0.39, 0.29) is 12.1 Å². The molecular weight excluding hydrogens is 288 g/mol. The average molecular weight is 301 g/mol. The van der Waals surface area contributed by atoms with Crippen LogP contribution < -0.4 is 9.47 Å². The summed E-state index contributed by atoms with van der Waals surface area (Å²) in [5, 5.41) is 0. The van der Waals surface area contributed by atoms with Crippen LogP contribution in [0.3, 0.4) is 0 Å². The third-order valence-corrected chi connectivity index (χ3v) is 3.32. The Hall–Kier alpha value is -1.23. The Morgan fingerprint density at radius 1 is 1.41 bits per heavy atom. The number of carbonyl (C=O) groups is 1. The standard InChI is InChI=1S/C12H13BrO4/c1-6-4-7-9(15-2)5-8(13)11(16-3)10(7)12(14)17-6/h5-6H,4H2,1-3H3. The molecule has 0 aromatic heterocycles. The zero-order chi connectivity index (χ0) is 12.6. The van der Waals surface area contributed by atoms with Crippen molar-refractivity contribution < 1.29 is 19.0 Å². The molecule has 17 heavy (non-hydrogen) atoms. The van der Waals surface area contributed by atoms with Crippen molar-refractivity contribution in [2.45, 2.75) is 19.4 Å². The minimum atomic E-state index is -0.366. The highest BCUT2D eigenvalue weighted by atomic mass is 79.9. The molecule has 2 rings (SSSR count). The summed E-state index contributed by atoms with van der Waals surface area (Å²) in [4.78, 5) is 11.9. The van der Waals surface area contributed by atoms with Crippen molar-refractivity contribution in [2.24, 2.45) is 0 Å². The van der Waals surface area contributed by atoms with Crippen LogP contribution in [-0.4, -0.2) is 26.3 Å². The van der Waals surface area contributed by atoms with Gasteiger partial charge in [-0.1, -0.05) is 0 Å². The molecule has 92 valence electrons. The molecule has 0 N–H and O–H groups in total. The van der Waals surface area contributed by atoms with E-state index in [1.807, 2.05) is 13.0 Å². The molecule has 1 atom stereocenters. The lowest BCUT2D eigenvalue weighted by Gasteiger charge is -2.25. The van der Waals surface area contributed by atoms with Crippen LogP contribution in [0.2, 0.25) is 0 Å². The molecule has 0 aliphatic carbocycles. The zero-order valence-electron chi connectivity index (χ0n) is 9.87. The van der Waals surface area contributed by atoms with E-state index in [9.17, 15) is 4.79 Å². The van der Waals surface area contributed by atoms with E-state index in [1.165, 1.54) is 7.11 Å². The molecule has 1 unspecified atom stereocenters. The van der Waals surface area contributed by atoms with Gasteiger partial charge in [-0.3, -0.25) is 0 Å². The third-order valence-electron chi connectivity index (χ3n) is 2.73. The topological polar surface area (TPSA) is 44.8 Å². The second-order valence-corrected chi connectivity index (χ2v) is 4.72. The SMILES string of the molecule is COc1cc(Br)c(OC)c2c1CC(C)OC2=O. The Kier molecular flexibility index (Phi) is 3.28. The normalized spacial score (nSPS) is 18.4. The van der Waals surface area contributed by atoms with Gasteiger partial charge in [-0.15, -0.1) is 0 Å². The van der Waals surface area contributed by atoms with Crippen molar-refractivity contribution in [3.05, 3.63) is 21.7 Å². The first-order valence-corrected chi connectivity index (χ1v) is 6.02. The molecule has 0 saturated carbocycles. The van der Waals surface area contributed by atoms with E-state index in [0.717, 1.165) is 5.56 Å². The molecule has 0 bridgehead atoms. The largest absolute Gasteiger partial charge is 0.496 e. The summed E-state index contributed by atoms with van der Waals surface area (Å²) in [5.74, 6) is 0.809. The predicted octanol–water partition coefficient (Wildman–Crippen LogP) is 2.57. The van der Waals surface area contributed by atoms with E-state index in [2.05, 4.69) is 15.9 Å². The van der Waals surface area contributed by atoms with Gasteiger partial charge in [0, 0.05) is 12.0 Å². The summed E-state index contributed by atoms with van der Waals surface area (Å²) in [6.45, 7) is 1.86. The molecule has 0 radical (unpaired) electrons. The Morgan fingerprint density at radius 2 is 2.12 bits per heavy atom. The van der Waals surface area contributed by atoms with Crippen LogP contribution in [0.1, 0.15) is 22.8 Å². The van der Waals surface area contributed by atoms with Crippen molar-refractivity contribution >= 4 is 21.9 Å². The van der Waals surface area contributed by atoms with Gasteiger partial charge in [-0.25, -0.2) is 4.79 Å². The number of esters is 1. The number of fused-ring (bicyclic) bond motifs is 1. The van der Waals surface area contributed by atoms with Crippen LogP contribution in [0, 0.1) is 0 Å². The number of carbonyl (C=O) groups excluding carboxylic acids is 1. The van der Waals surface area contributed by atoms with Crippen LogP contribution >= 0.6 is 15.9 Å². The average Bonchev–Trinajstić information content (AvgIpc) is 2.28. The molecule has 1 aromatic rings. The van der Waals surface area contributed by atoms with Crippen molar-refractivity contribution in [3.8, 4) is 11.5 Å². The summed E-state index contributed by atoms with van der Waals surface area (Å²) in [6.07, 6.45) is 0.489. The van der Waals surface area contributed by atoms with Gasteiger partial charge in [0.15, 0.2) is 0 Å². The van der Waals surface area contributed by atoms with Crippen molar-refractivity contribution in [1.29, 1.82) is 0 Å². The van der Waals surface area contributed by atoms with Gasteiger partial charge < -0.3 is 14.2 Å². The highest BCUT2D eigenvalue weighted by molar-refractivity contribution is 9.10. The van der Waals surface area contributed by atoms with Crippen molar-refractivity contribution in [2.75, 3.05) is 14.2 Å². The number of cyclic esters (lactones) is 1. The number of hydrogen-bond acceptors (Lipinski definition) is 4. The van der Waals surface area contributed by atoms with Gasteiger partial charge in [0.1, 0.15) is 23.2 Å². The number of hydrogen-bond donors (Lipinski definition) is 0. The minimum Gasteiger partial charge on any atom is -0.496 e. The summed E-state index contributed by atoms with van der Waals surface area (Å²) in [7, 11) is 3.11. The molecule has 5 heteroatoms. The summed E-state index contributed by atoms with van der Waals surface area (Å²) < 4.78 is 16.4. The van der Waals surface area contributed by atoms with Crippen LogP contribution in [0.15, 0.2) is 10.5 Å². The summed E-state index contributed by atoms with van der Waals surface area (Å²) >= 11 is 3.36. The Morgan fingerprint density at radius 3 is 2.71 bits per heavy atom. The molecule has 1 heterocycles. The van der Waals surface area contributed by atoms with E-state index >= 15 is 0 Å². The molecule has 1 aliphatic heterocycles. The second kappa shape index (κ2) is 4.56. The van der Waals surface area contributed by atoms with Gasteiger partial charge in [-0.2, -0.15) is 0 Å². The van der Waals surface area contributed by atoms with Crippen molar-refractivity contribution in [3.63, 3.8) is 0 Å². The first-order chi connectivity index (χ1) is 8.08. The van der Waals surface area contributed by atoms with E-state index in [0.29, 0.717) is 28.0 Å². The van der Waals surface area contributed by atoms with Crippen molar-refractivity contribution in [1.82, 2.24) is 0 Å². The Labute approximate surface area is 108 Å². The molecule has 4 nitrogen and oxygen atoms in total. The van der Waals surface area contributed by atoms with Gasteiger partial charge in [0.25, 0.3) is 0 Å². The van der Waals surface area contributed by atoms with Crippen LogP contribution in [0.5, 0.6) is 11.5 Å². The first-order valence-electron chi connectivity index (χ1n) is 5.22. The van der Waals surface area contributed by atoms with E-state index in [1.54, 1.807) is 7.11 Å². The summed E-state index contributed by atoms with van der Waals surface area (Å²) in [5.41, 5.74) is 1.30. The van der Waals surface area contributed by atoms with Crippen LogP contribution in [-0.2, 0) is 11.2 Å². The molecule has 1 aliphatic rings. The molecule has 1 aromatic carbocycles. The fraction of sp³-hybridized carbons (Fsp3) is 0.417. The third kappa shape index (κ3) is 1.99. The maximum absolute atomic E-state index is 11.9. The molecule has 0 spiro atoms. The number of benzene rings is 1. The monoisotopic (exact) mass is 300 g/mol. The maximum Gasteiger partial charge on any atom is 0.342 e.